The van der Waals surface area contributed by atoms with E-state index in [2.05, 4.69) is 15.9 Å². The zero-order valence-electron chi connectivity index (χ0n) is 14.3. The largest absolute Gasteiger partial charge is 0.339 e. The standard InChI is InChI=1S/C17H24BrN3O2.ClH/c1-12(2)15(22)20-8-10-21(11-9-20)16(23)17(3,19)13-4-6-14(18)7-5-13;/h4-7,12H,8-11,19H2,1-3H3;1H. The summed E-state index contributed by atoms with van der Waals surface area (Å²) in [5.74, 6) is 0.0248. The first-order chi connectivity index (χ1) is 10.7. The molecule has 24 heavy (non-hydrogen) atoms. The van der Waals surface area contributed by atoms with E-state index in [-0.39, 0.29) is 30.1 Å². The predicted octanol–water partition coefficient (Wildman–Crippen LogP) is 2.37. The highest BCUT2D eigenvalue weighted by Gasteiger charge is 2.36. The number of nitrogens with two attached hydrogens (primary N) is 1. The molecule has 1 saturated heterocycles. The highest BCUT2D eigenvalue weighted by Crippen LogP contribution is 2.23. The molecular formula is C17H25BrClN3O2. The number of nitrogens with zero attached hydrogens (tertiary/aromatic N) is 2. The van der Waals surface area contributed by atoms with Gasteiger partial charge in [0.1, 0.15) is 5.54 Å². The summed E-state index contributed by atoms with van der Waals surface area (Å²) < 4.78 is 0.949. The zero-order valence-corrected chi connectivity index (χ0v) is 16.7. The van der Waals surface area contributed by atoms with Gasteiger partial charge in [-0.2, -0.15) is 0 Å². The second kappa shape index (κ2) is 8.32. The maximum Gasteiger partial charge on any atom is 0.247 e. The Bertz CT molecular complexity index is 582. The second-order valence-corrected chi connectivity index (χ2v) is 7.40. The van der Waals surface area contributed by atoms with Crippen molar-refractivity contribution in [1.82, 2.24) is 9.80 Å². The van der Waals surface area contributed by atoms with E-state index in [1.165, 1.54) is 0 Å². The molecule has 1 aromatic rings. The number of carbonyl (C=O) groups excluding carboxylic acids is 2. The van der Waals surface area contributed by atoms with Crippen molar-refractivity contribution in [2.24, 2.45) is 11.7 Å². The number of hydrogen-bond donors (Lipinski definition) is 1. The minimum atomic E-state index is -1.06. The summed E-state index contributed by atoms with van der Waals surface area (Å²) in [5, 5.41) is 0. The van der Waals surface area contributed by atoms with Crippen LogP contribution in [0.25, 0.3) is 0 Å². The first kappa shape index (κ1) is 20.9. The predicted molar refractivity (Wildman–Crippen MR) is 101 cm³/mol. The van der Waals surface area contributed by atoms with Crippen LogP contribution in [-0.4, -0.2) is 47.8 Å². The minimum absolute atomic E-state index is 0. The third-order valence-corrected chi connectivity index (χ3v) is 4.79. The van der Waals surface area contributed by atoms with Gasteiger partial charge in [0, 0.05) is 36.6 Å². The van der Waals surface area contributed by atoms with Gasteiger partial charge in [-0.05, 0) is 24.6 Å². The Labute approximate surface area is 158 Å². The van der Waals surface area contributed by atoms with Gasteiger partial charge in [0.2, 0.25) is 11.8 Å². The van der Waals surface area contributed by atoms with Crippen LogP contribution in [-0.2, 0) is 15.1 Å². The topological polar surface area (TPSA) is 66.6 Å². The van der Waals surface area contributed by atoms with Crippen molar-refractivity contribution in [3.63, 3.8) is 0 Å². The molecule has 0 spiro atoms. The maximum absolute atomic E-state index is 12.8. The summed E-state index contributed by atoms with van der Waals surface area (Å²) in [6.07, 6.45) is 0. The van der Waals surface area contributed by atoms with E-state index in [1.807, 2.05) is 43.0 Å². The fraction of sp³-hybridized carbons (Fsp3) is 0.529. The first-order valence-corrected chi connectivity index (χ1v) is 8.66. The van der Waals surface area contributed by atoms with E-state index in [0.29, 0.717) is 26.2 Å². The summed E-state index contributed by atoms with van der Waals surface area (Å²) in [7, 11) is 0. The Morgan fingerprint density at radius 3 is 2.00 bits per heavy atom. The van der Waals surface area contributed by atoms with Crippen LogP contribution in [0.15, 0.2) is 28.7 Å². The molecule has 1 aromatic carbocycles. The molecule has 0 bridgehead atoms. The van der Waals surface area contributed by atoms with Crippen LogP contribution in [0.4, 0.5) is 0 Å². The molecule has 5 nitrogen and oxygen atoms in total. The van der Waals surface area contributed by atoms with Crippen LogP contribution >= 0.6 is 28.3 Å². The Kier molecular flexibility index (Phi) is 7.25. The molecule has 2 N–H and O–H groups in total. The molecular weight excluding hydrogens is 394 g/mol. The lowest BCUT2D eigenvalue weighted by atomic mass is 9.91. The van der Waals surface area contributed by atoms with Gasteiger partial charge in [-0.1, -0.05) is 41.9 Å². The van der Waals surface area contributed by atoms with Crippen LogP contribution in [0.2, 0.25) is 0 Å². The second-order valence-electron chi connectivity index (χ2n) is 6.48. The van der Waals surface area contributed by atoms with Gasteiger partial charge in [0.25, 0.3) is 0 Å². The van der Waals surface area contributed by atoms with Gasteiger partial charge in [-0.3, -0.25) is 9.59 Å². The molecule has 0 radical (unpaired) electrons. The van der Waals surface area contributed by atoms with E-state index < -0.39 is 5.54 Å². The minimum Gasteiger partial charge on any atom is -0.339 e. The smallest absolute Gasteiger partial charge is 0.247 e. The van der Waals surface area contributed by atoms with E-state index in [0.717, 1.165) is 10.0 Å². The van der Waals surface area contributed by atoms with Crippen molar-refractivity contribution < 1.29 is 9.59 Å². The number of carbonyl (C=O) groups is 2. The molecule has 0 saturated carbocycles. The Morgan fingerprint density at radius 1 is 1.08 bits per heavy atom. The van der Waals surface area contributed by atoms with Crippen LogP contribution in [0.5, 0.6) is 0 Å². The fourth-order valence-corrected chi connectivity index (χ4v) is 3.01. The number of halogens is 2. The van der Waals surface area contributed by atoms with E-state index in [1.54, 1.807) is 11.8 Å². The number of amides is 2. The molecule has 2 rings (SSSR count). The van der Waals surface area contributed by atoms with Crippen LogP contribution in [0.3, 0.4) is 0 Å². The molecule has 7 heteroatoms. The Balaban J connectivity index is 0.00000288. The van der Waals surface area contributed by atoms with E-state index in [9.17, 15) is 9.59 Å². The van der Waals surface area contributed by atoms with Gasteiger partial charge >= 0.3 is 0 Å². The maximum atomic E-state index is 12.8. The lowest BCUT2D eigenvalue weighted by Crippen LogP contribution is -2.57. The van der Waals surface area contributed by atoms with Crippen molar-refractivity contribution in [1.29, 1.82) is 0 Å². The van der Waals surface area contributed by atoms with Crippen molar-refractivity contribution in [3.05, 3.63) is 34.3 Å². The molecule has 2 amide bonds. The quantitative estimate of drug-likeness (QED) is 0.819. The number of hydrogen-bond acceptors (Lipinski definition) is 3. The van der Waals surface area contributed by atoms with E-state index >= 15 is 0 Å². The van der Waals surface area contributed by atoms with Gasteiger partial charge in [0.05, 0.1) is 0 Å². The molecule has 1 fully saturated rings. The number of piperazine rings is 1. The number of rotatable bonds is 3. The summed E-state index contributed by atoms with van der Waals surface area (Å²) in [4.78, 5) is 28.4. The molecule has 1 aliphatic rings. The van der Waals surface area contributed by atoms with Crippen LogP contribution in [0, 0.1) is 5.92 Å². The normalized spacial score (nSPS) is 17.2. The summed E-state index contributed by atoms with van der Waals surface area (Å²) in [5.41, 5.74) is 6.04. The van der Waals surface area contributed by atoms with Crippen molar-refractivity contribution in [2.45, 2.75) is 26.3 Å². The van der Waals surface area contributed by atoms with Crippen LogP contribution < -0.4 is 5.73 Å². The molecule has 1 unspecified atom stereocenters. The highest BCUT2D eigenvalue weighted by molar-refractivity contribution is 9.10. The molecule has 1 atom stereocenters. The fourth-order valence-electron chi connectivity index (χ4n) is 2.74. The molecule has 0 aliphatic carbocycles. The van der Waals surface area contributed by atoms with Gasteiger partial charge in [-0.25, -0.2) is 0 Å². The van der Waals surface area contributed by atoms with Crippen molar-refractivity contribution >= 4 is 40.2 Å². The summed E-state index contributed by atoms with van der Waals surface area (Å²) >= 11 is 3.38. The zero-order chi connectivity index (χ0) is 17.2. The molecule has 134 valence electrons. The SMILES string of the molecule is CC(C)C(=O)N1CCN(C(=O)C(C)(N)c2ccc(Br)cc2)CC1.Cl. The summed E-state index contributed by atoms with van der Waals surface area (Å²) in [6.45, 7) is 7.72. The third-order valence-electron chi connectivity index (χ3n) is 4.26. The lowest BCUT2D eigenvalue weighted by Gasteiger charge is -2.39. The Hall–Kier alpha value is -1.11. The number of benzene rings is 1. The highest BCUT2D eigenvalue weighted by atomic mass is 79.9. The van der Waals surface area contributed by atoms with Crippen molar-refractivity contribution in [2.75, 3.05) is 26.2 Å². The van der Waals surface area contributed by atoms with Gasteiger partial charge < -0.3 is 15.5 Å². The van der Waals surface area contributed by atoms with Gasteiger partial charge in [0.15, 0.2) is 0 Å². The first-order valence-electron chi connectivity index (χ1n) is 7.86. The van der Waals surface area contributed by atoms with Crippen LogP contribution in [0.1, 0.15) is 26.3 Å². The Morgan fingerprint density at radius 2 is 1.54 bits per heavy atom. The average molecular weight is 419 g/mol. The molecule has 1 aliphatic heterocycles. The van der Waals surface area contributed by atoms with Crippen molar-refractivity contribution in [3.8, 4) is 0 Å². The third kappa shape index (κ3) is 4.49. The van der Waals surface area contributed by atoms with Gasteiger partial charge in [-0.15, -0.1) is 12.4 Å². The average Bonchev–Trinajstić information content (AvgIpc) is 2.54. The summed E-state index contributed by atoms with van der Waals surface area (Å²) in [6, 6.07) is 7.49. The van der Waals surface area contributed by atoms with E-state index in [4.69, 9.17) is 5.73 Å². The molecule has 1 heterocycles. The monoisotopic (exact) mass is 417 g/mol. The lowest BCUT2D eigenvalue weighted by molar-refractivity contribution is -0.144. The molecule has 0 aromatic heterocycles.